The van der Waals surface area contributed by atoms with Crippen molar-refractivity contribution in [1.82, 2.24) is 19.1 Å². The smallest absolute Gasteiger partial charge is 0.332 e. The van der Waals surface area contributed by atoms with Crippen LogP contribution in [0.2, 0.25) is 0 Å². The molecule has 2 aromatic rings. The molecule has 0 radical (unpaired) electrons. The van der Waals surface area contributed by atoms with Crippen LogP contribution < -0.4 is 11.2 Å². The lowest BCUT2D eigenvalue weighted by Gasteiger charge is -2.35. The van der Waals surface area contributed by atoms with Crippen LogP contribution in [0.25, 0.3) is 11.2 Å². The molecular formula is C21H30N4O2. The highest BCUT2D eigenvalue weighted by Gasteiger charge is 2.62. The van der Waals surface area contributed by atoms with Crippen molar-refractivity contribution in [1.29, 1.82) is 0 Å². The summed E-state index contributed by atoms with van der Waals surface area (Å²) < 4.78 is 3.10. The number of aromatic amines is 1. The highest BCUT2D eigenvalue weighted by Crippen LogP contribution is 2.67. The first-order chi connectivity index (χ1) is 13.0. The van der Waals surface area contributed by atoms with E-state index in [2.05, 4.69) is 18.8 Å². The number of nitrogens with zero attached hydrogens (tertiary/aromatic N) is 3. The molecule has 2 atom stereocenters. The lowest BCUT2D eigenvalue weighted by atomic mass is 9.70. The Labute approximate surface area is 159 Å². The van der Waals surface area contributed by atoms with Gasteiger partial charge in [0.25, 0.3) is 5.56 Å². The molecule has 6 heteroatoms. The highest BCUT2D eigenvalue weighted by molar-refractivity contribution is 5.70. The fourth-order valence-corrected chi connectivity index (χ4v) is 6.62. The molecule has 4 aliphatic rings. The van der Waals surface area contributed by atoms with Gasteiger partial charge in [-0.1, -0.05) is 20.8 Å². The summed E-state index contributed by atoms with van der Waals surface area (Å²) in [4.78, 5) is 34.3. The first-order valence-corrected chi connectivity index (χ1v) is 10.7. The molecule has 1 N–H and O–H groups in total. The number of rotatable bonds is 5. The van der Waals surface area contributed by atoms with Crippen molar-refractivity contribution >= 4 is 11.2 Å². The summed E-state index contributed by atoms with van der Waals surface area (Å²) in [6, 6.07) is 0. The van der Waals surface area contributed by atoms with Crippen molar-refractivity contribution in [3.8, 4) is 0 Å². The van der Waals surface area contributed by atoms with Gasteiger partial charge in [-0.25, -0.2) is 9.78 Å². The number of imidazole rings is 1. The average Bonchev–Trinajstić information content (AvgIpc) is 3.29. The van der Waals surface area contributed by atoms with Crippen LogP contribution in [-0.2, 0) is 18.5 Å². The van der Waals surface area contributed by atoms with Crippen LogP contribution in [0.3, 0.4) is 0 Å². The molecule has 146 valence electrons. The van der Waals surface area contributed by atoms with Gasteiger partial charge < -0.3 is 4.98 Å². The van der Waals surface area contributed by atoms with Gasteiger partial charge in [0.15, 0.2) is 5.65 Å². The van der Waals surface area contributed by atoms with Crippen LogP contribution in [0.15, 0.2) is 9.59 Å². The summed E-state index contributed by atoms with van der Waals surface area (Å²) in [5.41, 5.74) is 0.793. The third-order valence-electron chi connectivity index (χ3n) is 7.92. The molecule has 0 aliphatic heterocycles. The lowest BCUT2D eigenvalue weighted by Crippen LogP contribution is -2.40. The zero-order valence-corrected chi connectivity index (χ0v) is 16.6. The van der Waals surface area contributed by atoms with Crippen molar-refractivity contribution in [3.63, 3.8) is 0 Å². The molecule has 2 heterocycles. The zero-order valence-electron chi connectivity index (χ0n) is 16.6. The van der Waals surface area contributed by atoms with E-state index in [4.69, 9.17) is 4.98 Å². The van der Waals surface area contributed by atoms with Crippen molar-refractivity contribution in [2.75, 3.05) is 0 Å². The fraction of sp³-hybridized carbons (Fsp3) is 0.762. The van der Waals surface area contributed by atoms with Crippen molar-refractivity contribution < 1.29 is 0 Å². The molecule has 0 amide bonds. The summed E-state index contributed by atoms with van der Waals surface area (Å²) in [5.74, 6) is 4.08. The minimum Gasteiger partial charge on any atom is -0.336 e. The van der Waals surface area contributed by atoms with E-state index < -0.39 is 0 Å². The Balaban J connectivity index is 1.71. The van der Waals surface area contributed by atoms with Crippen LogP contribution in [0.4, 0.5) is 0 Å². The van der Waals surface area contributed by atoms with E-state index in [1.165, 1.54) is 30.3 Å². The Morgan fingerprint density at radius 2 is 1.70 bits per heavy atom. The molecule has 4 saturated carbocycles. The zero-order chi connectivity index (χ0) is 18.9. The van der Waals surface area contributed by atoms with E-state index in [1.54, 1.807) is 4.57 Å². The summed E-state index contributed by atoms with van der Waals surface area (Å²) in [6.45, 7) is 7.52. The third-order valence-corrected chi connectivity index (χ3v) is 7.92. The van der Waals surface area contributed by atoms with Gasteiger partial charge in [0.1, 0.15) is 11.3 Å². The molecule has 4 aliphatic carbocycles. The first kappa shape index (κ1) is 17.3. The maximum atomic E-state index is 13.0. The second-order valence-electron chi connectivity index (χ2n) is 9.29. The predicted octanol–water partition coefficient (Wildman–Crippen LogP) is 3.03. The van der Waals surface area contributed by atoms with Gasteiger partial charge in [-0.15, -0.1) is 0 Å². The Hall–Kier alpha value is -1.85. The molecule has 4 bridgehead atoms. The van der Waals surface area contributed by atoms with Crippen LogP contribution >= 0.6 is 0 Å². The molecule has 6 rings (SSSR count). The number of nitrogens with one attached hydrogen (secondary N) is 1. The van der Waals surface area contributed by atoms with E-state index in [0.717, 1.165) is 36.4 Å². The van der Waals surface area contributed by atoms with Gasteiger partial charge in [0.05, 0.1) is 0 Å². The van der Waals surface area contributed by atoms with Crippen molar-refractivity contribution in [2.45, 2.75) is 77.8 Å². The average molecular weight is 370 g/mol. The number of aromatic nitrogens is 4. The summed E-state index contributed by atoms with van der Waals surface area (Å²) in [6.07, 6.45) is 6.59. The second kappa shape index (κ2) is 5.82. The predicted molar refractivity (Wildman–Crippen MR) is 105 cm³/mol. The monoisotopic (exact) mass is 370 g/mol. The van der Waals surface area contributed by atoms with E-state index in [0.29, 0.717) is 30.2 Å². The molecule has 2 aromatic heterocycles. The Bertz CT molecular complexity index is 998. The lowest BCUT2D eigenvalue weighted by molar-refractivity contribution is 0.166. The molecule has 4 fully saturated rings. The first-order valence-electron chi connectivity index (χ1n) is 10.7. The Morgan fingerprint density at radius 1 is 1.07 bits per heavy atom. The van der Waals surface area contributed by atoms with Gasteiger partial charge >= 0.3 is 5.69 Å². The molecular weight excluding hydrogens is 340 g/mol. The SMILES string of the molecule is CCCn1c(=O)c2[nH]c(C34C[C@H]5CC3C[C@H](C4)C5C)nc2n(CCC)c1=O. The van der Waals surface area contributed by atoms with Gasteiger partial charge in [-0.3, -0.25) is 13.9 Å². The number of hydrogen-bond acceptors (Lipinski definition) is 3. The summed E-state index contributed by atoms with van der Waals surface area (Å²) in [7, 11) is 0. The molecule has 0 spiro atoms. The van der Waals surface area contributed by atoms with Crippen LogP contribution in [-0.4, -0.2) is 19.1 Å². The van der Waals surface area contributed by atoms with Crippen molar-refractivity contribution in [3.05, 3.63) is 26.7 Å². The molecule has 27 heavy (non-hydrogen) atoms. The number of aryl methyl sites for hydroxylation is 1. The van der Waals surface area contributed by atoms with E-state index in [1.807, 2.05) is 6.92 Å². The van der Waals surface area contributed by atoms with Gasteiger partial charge in [-0.05, 0) is 62.2 Å². The molecule has 6 nitrogen and oxygen atoms in total. The number of hydrogen-bond donors (Lipinski definition) is 1. The van der Waals surface area contributed by atoms with Gasteiger partial charge in [0, 0.05) is 18.5 Å². The minimum absolute atomic E-state index is 0.107. The molecule has 0 aromatic carbocycles. The van der Waals surface area contributed by atoms with E-state index >= 15 is 0 Å². The van der Waals surface area contributed by atoms with Gasteiger partial charge in [0.2, 0.25) is 0 Å². The van der Waals surface area contributed by atoms with Crippen LogP contribution in [0, 0.1) is 23.7 Å². The molecule has 0 saturated heterocycles. The summed E-state index contributed by atoms with van der Waals surface area (Å²) >= 11 is 0. The normalized spacial score (nSPS) is 34.2. The van der Waals surface area contributed by atoms with Crippen LogP contribution in [0.5, 0.6) is 0 Å². The molecule has 0 unspecified atom stereocenters. The quantitative estimate of drug-likeness (QED) is 0.879. The largest absolute Gasteiger partial charge is 0.336 e. The van der Waals surface area contributed by atoms with E-state index in [9.17, 15) is 9.59 Å². The van der Waals surface area contributed by atoms with E-state index in [-0.39, 0.29) is 16.7 Å². The second-order valence-corrected chi connectivity index (χ2v) is 9.29. The Morgan fingerprint density at radius 3 is 2.33 bits per heavy atom. The fourth-order valence-electron chi connectivity index (χ4n) is 6.62. The highest BCUT2D eigenvalue weighted by atomic mass is 16.2. The maximum absolute atomic E-state index is 13.0. The Kier molecular flexibility index (Phi) is 3.72. The number of H-pyrrole nitrogens is 1. The maximum Gasteiger partial charge on any atom is 0.332 e. The minimum atomic E-state index is -0.211. The standard InChI is InChI=1S/C21H30N4O2/c1-4-6-24-17-16(18(26)25(7-5-2)20(24)27)22-19(23-17)21-10-13-8-15(21)9-14(11-21)12(13)3/h12-15H,4-11H2,1-3H3,(H,22,23)/t12?,13-,14-,15?,21?/m1/s1. The van der Waals surface area contributed by atoms with Crippen LogP contribution in [0.1, 0.15) is 65.1 Å². The van der Waals surface area contributed by atoms with Gasteiger partial charge in [-0.2, -0.15) is 0 Å². The van der Waals surface area contributed by atoms with Crippen molar-refractivity contribution in [2.24, 2.45) is 23.7 Å². The topological polar surface area (TPSA) is 72.7 Å². The summed E-state index contributed by atoms with van der Waals surface area (Å²) in [5, 5.41) is 0. The third kappa shape index (κ3) is 2.15. The number of fused-ring (bicyclic) bond motifs is 1.